The van der Waals surface area contributed by atoms with Gasteiger partial charge in [-0.15, -0.1) is 0 Å². The molecule has 0 heteroatoms. The minimum Gasteiger partial charge on any atom is -0.0587 e. The molecule has 4 bridgehead atoms. The Morgan fingerprint density at radius 3 is 1.53 bits per heavy atom. The largest absolute Gasteiger partial charge is 0.0587 e. The van der Waals surface area contributed by atoms with E-state index in [0.29, 0.717) is 0 Å². The predicted molar refractivity (Wildman–Crippen MR) is 79.7 cm³/mol. The fourth-order valence-electron chi connectivity index (χ4n) is 3.65. The summed E-state index contributed by atoms with van der Waals surface area (Å²) in [5.74, 6) is 0. The van der Waals surface area contributed by atoms with Gasteiger partial charge in [-0.05, 0) is 78.3 Å². The van der Waals surface area contributed by atoms with Gasteiger partial charge in [-0.25, -0.2) is 0 Å². The van der Waals surface area contributed by atoms with E-state index in [1.54, 1.807) is 22.3 Å². The Morgan fingerprint density at radius 1 is 0.474 bits per heavy atom. The molecule has 0 aromatic heterocycles. The third-order valence-electron chi connectivity index (χ3n) is 4.80. The van der Waals surface area contributed by atoms with Crippen LogP contribution in [-0.4, -0.2) is 0 Å². The lowest BCUT2D eigenvalue weighted by molar-refractivity contribution is 0.816. The summed E-state index contributed by atoms with van der Waals surface area (Å²) in [5.41, 5.74) is 9.44. The molecule has 0 heterocycles. The highest BCUT2D eigenvalue weighted by atomic mass is 14.2. The van der Waals surface area contributed by atoms with E-state index < -0.39 is 0 Å². The fourth-order valence-corrected chi connectivity index (χ4v) is 3.65. The first-order chi connectivity index (χ1) is 9.38. The van der Waals surface area contributed by atoms with Gasteiger partial charge in [0.15, 0.2) is 0 Å². The number of fused-ring (bicyclic) bond motifs is 4. The lowest BCUT2D eigenvalue weighted by Crippen LogP contribution is -2.02. The number of rotatable bonds is 0. The highest BCUT2D eigenvalue weighted by Crippen LogP contribution is 2.25. The Hall–Kier alpha value is -1.56. The summed E-state index contributed by atoms with van der Waals surface area (Å²) >= 11 is 0. The maximum absolute atomic E-state index is 2.48. The molecule has 0 radical (unpaired) electrons. The molecule has 0 fully saturated rings. The van der Waals surface area contributed by atoms with Gasteiger partial charge < -0.3 is 0 Å². The maximum atomic E-state index is 2.48. The molecule has 96 valence electrons. The highest BCUT2D eigenvalue weighted by molar-refractivity contribution is 5.39. The number of benzene rings is 2. The lowest BCUT2D eigenvalue weighted by atomic mass is 9.92. The Morgan fingerprint density at radius 2 is 1.00 bits per heavy atom. The third kappa shape index (κ3) is 2.10. The van der Waals surface area contributed by atoms with E-state index in [0.717, 1.165) is 0 Å². The van der Waals surface area contributed by atoms with E-state index in [-0.39, 0.29) is 0 Å². The van der Waals surface area contributed by atoms with Crippen LogP contribution in [0.2, 0.25) is 0 Å². The van der Waals surface area contributed by atoms with Gasteiger partial charge in [0.2, 0.25) is 0 Å². The summed E-state index contributed by atoms with van der Waals surface area (Å²) in [6.45, 7) is 0. The van der Waals surface area contributed by atoms with Crippen molar-refractivity contribution in [2.45, 2.75) is 44.9 Å². The monoisotopic (exact) mass is 248 g/mol. The molecule has 0 atom stereocenters. The molecule has 4 rings (SSSR count). The quantitative estimate of drug-likeness (QED) is 0.659. The maximum Gasteiger partial charge on any atom is -0.0235 e. The van der Waals surface area contributed by atoms with E-state index in [9.17, 15) is 0 Å². The molecule has 19 heavy (non-hydrogen) atoms. The lowest BCUT2D eigenvalue weighted by Gasteiger charge is -2.13. The molecule has 0 unspecified atom stereocenters. The standard InChI is InChI=1S/C19H20/c1-2-18-12-14-4-5-15-7-9-17(19(3-1)13-15)11-10-16(18)8-6-14/h6-9,12-13H,1-5,10-11H2. The van der Waals surface area contributed by atoms with Crippen LogP contribution < -0.4 is 0 Å². The van der Waals surface area contributed by atoms with E-state index in [1.807, 2.05) is 0 Å². The minimum absolute atomic E-state index is 1.19. The van der Waals surface area contributed by atoms with E-state index in [1.165, 1.54) is 56.1 Å². The average molecular weight is 248 g/mol. The number of hydrogen-bond donors (Lipinski definition) is 0. The van der Waals surface area contributed by atoms with Gasteiger partial charge in [-0.1, -0.05) is 36.4 Å². The first-order valence-corrected chi connectivity index (χ1v) is 7.60. The van der Waals surface area contributed by atoms with Gasteiger partial charge in [0.05, 0.1) is 0 Å². The molecule has 2 aromatic rings. The van der Waals surface area contributed by atoms with Gasteiger partial charge in [-0.3, -0.25) is 0 Å². The molecule has 0 spiro atoms. The zero-order valence-electron chi connectivity index (χ0n) is 11.4. The summed E-state index contributed by atoms with van der Waals surface area (Å²) < 4.78 is 0. The summed E-state index contributed by atoms with van der Waals surface area (Å²) in [5, 5.41) is 0. The van der Waals surface area contributed by atoms with Crippen molar-refractivity contribution in [3.63, 3.8) is 0 Å². The molecule has 0 aliphatic heterocycles. The second kappa shape index (κ2) is 4.52. The van der Waals surface area contributed by atoms with Crippen molar-refractivity contribution in [3.8, 4) is 0 Å². The molecular weight excluding hydrogens is 228 g/mol. The minimum atomic E-state index is 1.19. The first-order valence-electron chi connectivity index (χ1n) is 7.60. The third-order valence-corrected chi connectivity index (χ3v) is 4.80. The summed E-state index contributed by atoms with van der Waals surface area (Å²) in [6.07, 6.45) is 8.61. The zero-order chi connectivity index (χ0) is 12.7. The van der Waals surface area contributed by atoms with Crippen LogP contribution in [0.25, 0.3) is 0 Å². The Bertz CT molecular complexity index is 566. The van der Waals surface area contributed by atoms with Gasteiger partial charge in [0.1, 0.15) is 0 Å². The second-order valence-corrected chi connectivity index (χ2v) is 6.06. The Kier molecular flexibility index (Phi) is 2.69. The van der Waals surface area contributed by atoms with Crippen molar-refractivity contribution in [2.24, 2.45) is 0 Å². The van der Waals surface area contributed by atoms with Crippen molar-refractivity contribution >= 4 is 0 Å². The van der Waals surface area contributed by atoms with Crippen LogP contribution in [0, 0.1) is 0 Å². The smallest absolute Gasteiger partial charge is 0.0235 e. The second-order valence-electron chi connectivity index (χ2n) is 6.06. The van der Waals surface area contributed by atoms with E-state index in [4.69, 9.17) is 0 Å². The molecule has 0 nitrogen and oxygen atoms in total. The van der Waals surface area contributed by atoms with Crippen LogP contribution >= 0.6 is 0 Å². The molecule has 0 saturated heterocycles. The molecule has 2 aromatic carbocycles. The number of hydrogen-bond acceptors (Lipinski definition) is 0. The van der Waals surface area contributed by atoms with Crippen LogP contribution in [0.1, 0.15) is 39.8 Å². The topological polar surface area (TPSA) is 0 Å². The van der Waals surface area contributed by atoms with Crippen molar-refractivity contribution in [2.75, 3.05) is 0 Å². The van der Waals surface area contributed by atoms with Crippen molar-refractivity contribution in [3.05, 3.63) is 69.8 Å². The van der Waals surface area contributed by atoms with Crippen molar-refractivity contribution in [1.29, 1.82) is 0 Å². The van der Waals surface area contributed by atoms with Gasteiger partial charge >= 0.3 is 0 Å². The fraction of sp³-hybridized carbons (Fsp3) is 0.368. The molecule has 2 aliphatic rings. The normalized spacial score (nSPS) is 17.1. The van der Waals surface area contributed by atoms with E-state index >= 15 is 0 Å². The van der Waals surface area contributed by atoms with Gasteiger partial charge in [-0.2, -0.15) is 0 Å². The average Bonchev–Trinajstić information content (AvgIpc) is 2.49. The zero-order valence-corrected chi connectivity index (χ0v) is 11.4. The molecule has 2 aliphatic carbocycles. The summed E-state index contributed by atoms with van der Waals surface area (Å²) in [4.78, 5) is 0. The molecule has 0 N–H and O–H groups in total. The van der Waals surface area contributed by atoms with Gasteiger partial charge in [0, 0.05) is 0 Å². The van der Waals surface area contributed by atoms with Crippen LogP contribution in [0.4, 0.5) is 0 Å². The van der Waals surface area contributed by atoms with Crippen LogP contribution in [0.3, 0.4) is 0 Å². The molecule has 0 amide bonds. The Balaban J connectivity index is 1.91. The summed E-state index contributed by atoms with van der Waals surface area (Å²) in [7, 11) is 0. The first kappa shape index (κ1) is 11.3. The SMILES string of the molecule is c1cc2c3cc1CCc1ccc(c(c1)CCC3)CC2. The predicted octanol–water partition coefficient (Wildman–Crippen LogP) is 4.06. The van der Waals surface area contributed by atoms with E-state index in [2.05, 4.69) is 36.4 Å². The van der Waals surface area contributed by atoms with Crippen LogP contribution in [0.15, 0.2) is 36.4 Å². The van der Waals surface area contributed by atoms with Crippen molar-refractivity contribution in [1.82, 2.24) is 0 Å². The highest BCUT2D eigenvalue weighted by Gasteiger charge is 2.13. The molecular formula is C19H20. The van der Waals surface area contributed by atoms with Crippen molar-refractivity contribution < 1.29 is 0 Å². The Labute approximate surface area is 115 Å². The van der Waals surface area contributed by atoms with Gasteiger partial charge in [0.25, 0.3) is 0 Å². The van der Waals surface area contributed by atoms with Crippen LogP contribution in [0.5, 0.6) is 0 Å². The summed E-state index contributed by atoms with van der Waals surface area (Å²) in [6, 6.07) is 14.5. The number of aryl methyl sites for hydroxylation is 6. The van der Waals surface area contributed by atoms with Crippen LogP contribution in [-0.2, 0) is 38.5 Å². The molecule has 0 saturated carbocycles.